The highest BCUT2D eigenvalue weighted by atomic mass is 35.5. The Bertz CT molecular complexity index is 962. The van der Waals surface area contributed by atoms with Crippen LogP contribution in [0.1, 0.15) is 16.1 Å². The highest BCUT2D eigenvalue weighted by Crippen LogP contribution is 2.28. The molecule has 0 atom stereocenters. The summed E-state index contributed by atoms with van der Waals surface area (Å²) >= 11 is 5.98. The van der Waals surface area contributed by atoms with Gasteiger partial charge in [0, 0.05) is 17.0 Å². The molecule has 0 bridgehead atoms. The standard InChI is InChI=1S/C18H12ClF2NO3/c1-24-18(23)16-8-17(13-6-11(20)4-5-15(13)22-16)25-9-10-2-3-12(21)7-14(10)19/h2-8H,9H2,1H3. The molecule has 0 N–H and O–H groups in total. The van der Waals surface area contributed by atoms with Crippen molar-refractivity contribution in [1.29, 1.82) is 0 Å². The van der Waals surface area contributed by atoms with E-state index in [9.17, 15) is 13.6 Å². The van der Waals surface area contributed by atoms with Crippen LogP contribution >= 0.6 is 11.6 Å². The average Bonchev–Trinajstić information content (AvgIpc) is 2.60. The van der Waals surface area contributed by atoms with Gasteiger partial charge in [-0.2, -0.15) is 0 Å². The molecular weight excluding hydrogens is 352 g/mol. The van der Waals surface area contributed by atoms with Crippen LogP contribution < -0.4 is 4.74 Å². The number of benzene rings is 2. The zero-order chi connectivity index (χ0) is 18.0. The van der Waals surface area contributed by atoms with Gasteiger partial charge >= 0.3 is 5.97 Å². The van der Waals surface area contributed by atoms with E-state index < -0.39 is 17.6 Å². The number of hydrogen-bond acceptors (Lipinski definition) is 4. The van der Waals surface area contributed by atoms with E-state index >= 15 is 0 Å². The molecule has 128 valence electrons. The van der Waals surface area contributed by atoms with E-state index in [1.54, 1.807) is 0 Å². The lowest BCUT2D eigenvalue weighted by Crippen LogP contribution is -2.06. The predicted octanol–water partition coefficient (Wildman–Crippen LogP) is 4.53. The van der Waals surface area contributed by atoms with Crippen molar-refractivity contribution >= 4 is 28.5 Å². The number of esters is 1. The summed E-state index contributed by atoms with van der Waals surface area (Å²) in [5.74, 6) is -1.33. The summed E-state index contributed by atoms with van der Waals surface area (Å²) in [5.41, 5.74) is 0.954. The number of methoxy groups -OCH3 is 1. The molecule has 0 unspecified atom stereocenters. The maximum atomic E-state index is 13.6. The number of aromatic nitrogens is 1. The second kappa shape index (κ2) is 7.03. The van der Waals surface area contributed by atoms with Gasteiger partial charge in [-0.15, -0.1) is 0 Å². The Balaban J connectivity index is 2.00. The van der Waals surface area contributed by atoms with Gasteiger partial charge in [-0.3, -0.25) is 0 Å². The van der Waals surface area contributed by atoms with Crippen molar-refractivity contribution in [3.8, 4) is 5.75 Å². The first kappa shape index (κ1) is 17.1. The molecule has 0 fully saturated rings. The molecule has 0 aliphatic heterocycles. The molecule has 1 heterocycles. The summed E-state index contributed by atoms with van der Waals surface area (Å²) in [6.45, 7) is 0.00928. The summed E-state index contributed by atoms with van der Waals surface area (Å²) in [4.78, 5) is 15.9. The van der Waals surface area contributed by atoms with Crippen molar-refractivity contribution in [2.24, 2.45) is 0 Å². The largest absolute Gasteiger partial charge is 0.488 e. The lowest BCUT2D eigenvalue weighted by molar-refractivity contribution is 0.0594. The van der Waals surface area contributed by atoms with Gasteiger partial charge in [0.05, 0.1) is 17.6 Å². The number of carbonyl (C=O) groups is 1. The van der Waals surface area contributed by atoms with Crippen LogP contribution in [0.5, 0.6) is 5.75 Å². The van der Waals surface area contributed by atoms with Crippen molar-refractivity contribution in [2.45, 2.75) is 6.61 Å². The maximum absolute atomic E-state index is 13.6. The van der Waals surface area contributed by atoms with Crippen LogP contribution in [-0.4, -0.2) is 18.1 Å². The van der Waals surface area contributed by atoms with Crippen LogP contribution in [-0.2, 0) is 11.3 Å². The van der Waals surface area contributed by atoms with Crippen LogP contribution in [0, 0.1) is 11.6 Å². The topological polar surface area (TPSA) is 48.4 Å². The molecule has 0 saturated carbocycles. The molecule has 0 aliphatic rings. The summed E-state index contributed by atoms with van der Waals surface area (Å²) in [7, 11) is 1.23. The fraction of sp³-hybridized carbons (Fsp3) is 0.111. The number of hydrogen-bond donors (Lipinski definition) is 0. The Kier molecular flexibility index (Phi) is 4.81. The molecule has 0 radical (unpaired) electrons. The number of rotatable bonds is 4. The first-order valence-electron chi connectivity index (χ1n) is 7.23. The van der Waals surface area contributed by atoms with Gasteiger partial charge in [0.15, 0.2) is 5.69 Å². The summed E-state index contributed by atoms with van der Waals surface area (Å²) in [6.07, 6.45) is 0. The minimum atomic E-state index is -0.643. The Morgan fingerprint density at radius 2 is 1.84 bits per heavy atom. The molecule has 0 saturated heterocycles. The van der Waals surface area contributed by atoms with Gasteiger partial charge in [0.1, 0.15) is 24.0 Å². The minimum Gasteiger partial charge on any atom is -0.488 e. The third-order valence-corrected chi connectivity index (χ3v) is 3.88. The Morgan fingerprint density at radius 1 is 1.12 bits per heavy atom. The molecule has 25 heavy (non-hydrogen) atoms. The second-order valence-corrected chi connectivity index (χ2v) is 5.59. The number of pyridine rings is 1. The smallest absolute Gasteiger partial charge is 0.356 e. The SMILES string of the molecule is COC(=O)c1cc(OCc2ccc(F)cc2Cl)c2cc(F)ccc2n1. The number of nitrogens with zero attached hydrogens (tertiary/aromatic N) is 1. The number of carbonyl (C=O) groups excluding carboxylic acids is 1. The van der Waals surface area contributed by atoms with Gasteiger partial charge in [-0.25, -0.2) is 18.6 Å². The molecule has 2 aromatic carbocycles. The molecule has 4 nitrogen and oxygen atoms in total. The lowest BCUT2D eigenvalue weighted by atomic mass is 10.1. The van der Waals surface area contributed by atoms with E-state index in [1.807, 2.05) is 0 Å². The van der Waals surface area contributed by atoms with Crippen LogP contribution in [0.25, 0.3) is 10.9 Å². The van der Waals surface area contributed by atoms with E-state index in [0.717, 1.165) is 0 Å². The Labute approximate surface area is 147 Å². The zero-order valence-corrected chi connectivity index (χ0v) is 13.8. The van der Waals surface area contributed by atoms with E-state index in [1.165, 1.54) is 49.6 Å². The number of fused-ring (bicyclic) bond motifs is 1. The van der Waals surface area contributed by atoms with Crippen molar-refractivity contribution < 1.29 is 23.0 Å². The van der Waals surface area contributed by atoms with Gasteiger partial charge in [-0.05, 0) is 30.3 Å². The van der Waals surface area contributed by atoms with Crippen molar-refractivity contribution in [3.05, 3.63) is 70.4 Å². The number of ether oxygens (including phenoxy) is 2. The van der Waals surface area contributed by atoms with E-state index in [4.69, 9.17) is 16.3 Å². The van der Waals surface area contributed by atoms with Gasteiger partial charge < -0.3 is 9.47 Å². The highest BCUT2D eigenvalue weighted by molar-refractivity contribution is 6.31. The van der Waals surface area contributed by atoms with Gasteiger partial charge in [0.2, 0.25) is 0 Å². The monoisotopic (exact) mass is 363 g/mol. The average molecular weight is 364 g/mol. The van der Waals surface area contributed by atoms with Gasteiger partial charge in [-0.1, -0.05) is 17.7 Å². The quantitative estimate of drug-likeness (QED) is 0.639. The van der Waals surface area contributed by atoms with Crippen LogP contribution in [0.3, 0.4) is 0 Å². The predicted molar refractivity (Wildman–Crippen MR) is 88.8 cm³/mol. The molecule has 0 amide bonds. The number of halogens is 3. The van der Waals surface area contributed by atoms with Crippen LogP contribution in [0.2, 0.25) is 5.02 Å². The Hall–Kier alpha value is -2.73. The molecule has 3 rings (SSSR count). The minimum absolute atomic E-state index is 0.00928. The maximum Gasteiger partial charge on any atom is 0.356 e. The zero-order valence-electron chi connectivity index (χ0n) is 13.1. The fourth-order valence-corrected chi connectivity index (χ4v) is 2.51. The third kappa shape index (κ3) is 3.69. The van der Waals surface area contributed by atoms with Gasteiger partial charge in [0.25, 0.3) is 0 Å². The Morgan fingerprint density at radius 3 is 2.56 bits per heavy atom. The normalized spacial score (nSPS) is 10.7. The molecular formula is C18H12ClF2NO3. The van der Waals surface area contributed by atoms with E-state index in [-0.39, 0.29) is 23.1 Å². The van der Waals surface area contributed by atoms with Crippen LogP contribution in [0.15, 0.2) is 42.5 Å². The third-order valence-electron chi connectivity index (χ3n) is 3.53. The first-order valence-corrected chi connectivity index (χ1v) is 7.61. The molecule has 0 aliphatic carbocycles. The van der Waals surface area contributed by atoms with Crippen molar-refractivity contribution in [2.75, 3.05) is 7.11 Å². The summed E-state index contributed by atoms with van der Waals surface area (Å²) < 4.78 is 37.1. The molecule has 0 spiro atoms. The van der Waals surface area contributed by atoms with Crippen molar-refractivity contribution in [3.63, 3.8) is 0 Å². The first-order chi connectivity index (χ1) is 12.0. The second-order valence-electron chi connectivity index (χ2n) is 5.18. The van der Waals surface area contributed by atoms with Crippen molar-refractivity contribution in [1.82, 2.24) is 4.98 Å². The molecule has 7 heteroatoms. The van der Waals surface area contributed by atoms with E-state index in [0.29, 0.717) is 16.5 Å². The summed E-state index contributed by atoms with van der Waals surface area (Å²) in [5, 5.41) is 0.601. The molecule has 1 aromatic heterocycles. The highest BCUT2D eigenvalue weighted by Gasteiger charge is 2.14. The summed E-state index contributed by atoms with van der Waals surface area (Å²) in [6, 6.07) is 9.21. The van der Waals surface area contributed by atoms with Crippen LogP contribution in [0.4, 0.5) is 8.78 Å². The fourth-order valence-electron chi connectivity index (χ4n) is 2.29. The lowest BCUT2D eigenvalue weighted by Gasteiger charge is -2.12. The van der Waals surface area contributed by atoms with E-state index in [2.05, 4.69) is 9.72 Å². The molecule has 3 aromatic rings.